The lowest BCUT2D eigenvalue weighted by atomic mass is 10.2. The number of aryl methyl sites for hydroxylation is 1. The summed E-state index contributed by atoms with van der Waals surface area (Å²) >= 11 is 0. The molecule has 0 spiro atoms. The zero-order valence-electron chi connectivity index (χ0n) is 10.6. The summed E-state index contributed by atoms with van der Waals surface area (Å²) < 4.78 is 5.48. The maximum Gasteiger partial charge on any atom is 0.193 e. The van der Waals surface area contributed by atoms with Gasteiger partial charge in [-0.2, -0.15) is 0 Å². The van der Waals surface area contributed by atoms with Crippen molar-refractivity contribution in [3.63, 3.8) is 0 Å². The van der Waals surface area contributed by atoms with Gasteiger partial charge in [-0.15, -0.1) is 24.0 Å². The number of nitrogens with two attached hydrogens (primary N) is 1. The van der Waals surface area contributed by atoms with Crippen LogP contribution in [0, 0.1) is 6.92 Å². The number of nitrogens with zero attached hydrogens (tertiary/aromatic N) is 1. The molecular formula is C13H20IN3O. The Bertz CT molecular complexity index is 386. The van der Waals surface area contributed by atoms with Crippen molar-refractivity contribution in [2.24, 2.45) is 10.7 Å². The van der Waals surface area contributed by atoms with E-state index in [4.69, 9.17) is 10.5 Å². The summed E-state index contributed by atoms with van der Waals surface area (Å²) in [6, 6.07) is 8.05. The standard InChI is InChI=1S/C13H19N3O.HI/c1-10-4-6-11(7-5-10)16-13(14)15-9-12-3-2-8-17-12;/h4-7,12H,2-3,8-9H2,1H3,(H3,14,15,16);1H. The molecule has 0 bridgehead atoms. The van der Waals surface area contributed by atoms with E-state index in [1.807, 2.05) is 24.3 Å². The van der Waals surface area contributed by atoms with Crippen molar-refractivity contribution in [2.45, 2.75) is 25.9 Å². The van der Waals surface area contributed by atoms with Gasteiger partial charge in [0.1, 0.15) is 0 Å². The Balaban J connectivity index is 0.00000162. The zero-order chi connectivity index (χ0) is 12.1. The largest absolute Gasteiger partial charge is 0.376 e. The zero-order valence-corrected chi connectivity index (χ0v) is 12.9. The van der Waals surface area contributed by atoms with Gasteiger partial charge in [0.05, 0.1) is 12.6 Å². The quantitative estimate of drug-likeness (QED) is 0.494. The lowest BCUT2D eigenvalue weighted by Gasteiger charge is -2.08. The van der Waals surface area contributed by atoms with Crippen LogP contribution in [0.25, 0.3) is 0 Å². The highest BCUT2D eigenvalue weighted by Gasteiger charge is 2.14. The van der Waals surface area contributed by atoms with Gasteiger partial charge in [-0.25, -0.2) is 0 Å². The van der Waals surface area contributed by atoms with Crippen LogP contribution in [0.2, 0.25) is 0 Å². The van der Waals surface area contributed by atoms with Gasteiger partial charge in [0.2, 0.25) is 0 Å². The van der Waals surface area contributed by atoms with Gasteiger partial charge in [0, 0.05) is 12.3 Å². The molecule has 0 saturated carbocycles. The van der Waals surface area contributed by atoms with Crippen LogP contribution in [0.15, 0.2) is 29.3 Å². The number of anilines is 1. The van der Waals surface area contributed by atoms with Crippen molar-refractivity contribution in [1.82, 2.24) is 0 Å². The molecule has 1 aliphatic heterocycles. The minimum atomic E-state index is 0. The predicted octanol–water partition coefficient (Wildman–Crippen LogP) is 2.52. The first kappa shape index (κ1) is 15.2. The van der Waals surface area contributed by atoms with Crippen LogP contribution in [0.1, 0.15) is 18.4 Å². The topological polar surface area (TPSA) is 59.6 Å². The minimum absolute atomic E-state index is 0. The number of aliphatic imine (C=N–C) groups is 1. The van der Waals surface area contributed by atoms with E-state index >= 15 is 0 Å². The molecule has 1 heterocycles. The average Bonchev–Trinajstić information content (AvgIpc) is 2.83. The van der Waals surface area contributed by atoms with Crippen LogP contribution in [-0.2, 0) is 4.74 Å². The van der Waals surface area contributed by atoms with Crippen LogP contribution < -0.4 is 11.1 Å². The Morgan fingerprint density at radius 1 is 1.44 bits per heavy atom. The summed E-state index contributed by atoms with van der Waals surface area (Å²) in [6.07, 6.45) is 2.46. The van der Waals surface area contributed by atoms with Gasteiger partial charge < -0.3 is 15.8 Å². The molecule has 3 N–H and O–H groups in total. The van der Waals surface area contributed by atoms with E-state index in [-0.39, 0.29) is 30.1 Å². The second-order valence-corrected chi connectivity index (χ2v) is 4.35. The van der Waals surface area contributed by atoms with Gasteiger partial charge in [-0.05, 0) is 31.9 Å². The maximum atomic E-state index is 5.81. The van der Waals surface area contributed by atoms with Gasteiger partial charge in [0.15, 0.2) is 5.96 Å². The molecule has 1 aromatic carbocycles. The van der Waals surface area contributed by atoms with E-state index < -0.39 is 0 Å². The maximum absolute atomic E-state index is 5.81. The Morgan fingerprint density at radius 3 is 2.78 bits per heavy atom. The lowest BCUT2D eigenvalue weighted by Crippen LogP contribution is -2.24. The predicted molar refractivity (Wildman–Crippen MR) is 85.7 cm³/mol. The Morgan fingerprint density at radius 2 is 2.17 bits per heavy atom. The Kier molecular flexibility index (Phi) is 6.42. The Hall–Kier alpha value is -0.820. The lowest BCUT2D eigenvalue weighted by molar-refractivity contribution is 0.118. The fraction of sp³-hybridized carbons (Fsp3) is 0.462. The first-order valence-electron chi connectivity index (χ1n) is 5.99. The molecule has 0 aromatic heterocycles. The van der Waals surface area contributed by atoms with Crippen LogP contribution >= 0.6 is 24.0 Å². The molecule has 1 unspecified atom stereocenters. The third-order valence-corrected chi connectivity index (χ3v) is 2.81. The first-order valence-corrected chi connectivity index (χ1v) is 5.99. The van der Waals surface area contributed by atoms with Crippen molar-refractivity contribution in [2.75, 3.05) is 18.5 Å². The molecule has 0 radical (unpaired) electrons. The molecule has 5 heteroatoms. The fourth-order valence-electron chi connectivity index (χ4n) is 1.81. The number of rotatable bonds is 3. The molecule has 0 amide bonds. The normalized spacial score (nSPS) is 19.4. The summed E-state index contributed by atoms with van der Waals surface area (Å²) in [7, 11) is 0. The third-order valence-electron chi connectivity index (χ3n) is 2.81. The number of guanidine groups is 1. The van der Waals surface area contributed by atoms with Crippen molar-refractivity contribution < 1.29 is 4.74 Å². The van der Waals surface area contributed by atoms with E-state index in [9.17, 15) is 0 Å². The van der Waals surface area contributed by atoms with Crippen LogP contribution in [0.4, 0.5) is 5.69 Å². The SMILES string of the molecule is Cc1ccc(NC(N)=NCC2CCCO2)cc1.I. The molecular weight excluding hydrogens is 341 g/mol. The van der Waals surface area contributed by atoms with Crippen molar-refractivity contribution in [1.29, 1.82) is 0 Å². The van der Waals surface area contributed by atoms with Crippen LogP contribution in [0.5, 0.6) is 0 Å². The number of hydrogen-bond donors (Lipinski definition) is 2. The second-order valence-electron chi connectivity index (χ2n) is 4.35. The number of nitrogens with one attached hydrogen (secondary N) is 1. The molecule has 1 aromatic rings. The minimum Gasteiger partial charge on any atom is -0.376 e. The second kappa shape index (κ2) is 7.58. The molecule has 1 aliphatic rings. The van der Waals surface area contributed by atoms with E-state index in [1.165, 1.54) is 5.56 Å². The highest BCUT2D eigenvalue weighted by molar-refractivity contribution is 14.0. The molecule has 0 aliphatic carbocycles. The number of hydrogen-bond acceptors (Lipinski definition) is 2. The molecule has 1 saturated heterocycles. The summed E-state index contributed by atoms with van der Waals surface area (Å²) in [5.74, 6) is 0.448. The summed E-state index contributed by atoms with van der Waals surface area (Å²) in [6.45, 7) is 3.55. The highest BCUT2D eigenvalue weighted by Crippen LogP contribution is 2.12. The first-order chi connectivity index (χ1) is 8.24. The highest BCUT2D eigenvalue weighted by atomic mass is 127. The van der Waals surface area contributed by atoms with Crippen LogP contribution in [-0.4, -0.2) is 25.2 Å². The van der Waals surface area contributed by atoms with Crippen molar-refractivity contribution in [3.8, 4) is 0 Å². The number of halogens is 1. The third kappa shape index (κ3) is 4.81. The molecule has 18 heavy (non-hydrogen) atoms. The van der Waals surface area contributed by atoms with Gasteiger partial charge >= 0.3 is 0 Å². The van der Waals surface area contributed by atoms with E-state index in [1.54, 1.807) is 0 Å². The van der Waals surface area contributed by atoms with E-state index in [0.717, 1.165) is 25.1 Å². The summed E-state index contributed by atoms with van der Waals surface area (Å²) in [5, 5.41) is 3.07. The number of ether oxygens (including phenoxy) is 1. The monoisotopic (exact) mass is 361 g/mol. The van der Waals surface area contributed by atoms with Crippen molar-refractivity contribution >= 4 is 35.6 Å². The molecule has 2 rings (SSSR count). The smallest absolute Gasteiger partial charge is 0.193 e. The average molecular weight is 361 g/mol. The van der Waals surface area contributed by atoms with Crippen molar-refractivity contribution in [3.05, 3.63) is 29.8 Å². The van der Waals surface area contributed by atoms with Gasteiger partial charge in [-0.3, -0.25) is 4.99 Å². The van der Waals surface area contributed by atoms with Gasteiger partial charge in [0.25, 0.3) is 0 Å². The van der Waals surface area contributed by atoms with E-state index in [0.29, 0.717) is 12.5 Å². The molecule has 4 nitrogen and oxygen atoms in total. The molecule has 100 valence electrons. The molecule has 1 atom stereocenters. The fourth-order valence-corrected chi connectivity index (χ4v) is 1.81. The van der Waals surface area contributed by atoms with Gasteiger partial charge in [-0.1, -0.05) is 17.7 Å². The summed E-state index contributed by atoms with van der Waals surface area (Å²) in [5.41, 5.74) is 7.99. The van der Waals surface area contributed by atoms with Crippen LogP contribution in [0.3, 0.4) is 0 Å². The number of benzene rings is 1. The molecule has 1 fully saturated rings. The summed E-state index contributed by atoms with van der Waals surface area (Å²) in [4.78, 5) is 4.28. The Labute approximate surface area is 125 Å². The van der Waals surface area contributed by atoms with E-state index in [2.05, 4.69) is 17.2 Å².